The van der Waals surface area contributed by atoms with Crippen LogP contribution in [0.4, 0.5) is 4.39 Å². The van der Waals surface area contributed by atoms with Gasteiger partial charge in [0.05, 0.1) is 11.7 Å². The van der Waals surface area contributed by atoms with Gasteiger partial charge in [0, 0.05) is 16.3 Å². The average molecular weight is 182 g/mol. The van der Waals surface area contributed by atoms with Gasteiger partial charge in [0.2, 0.25) is 0 Å². The molecule has 0 amide bonds. The Hall–Kier alpha value is -1.03. The third kappa shape index (κ3) is 1.08. The zero-order valence-electron chi connectivity index (χ0n) is 6.47. The summed E-state index contributed by atoms with van der Waals surface area (Å²) < 4.78 is 13.1. The molecule has 0 saturated carbocycles. The van der Waals surface area contributed by atoms with Crippen molar-refractivity contribution in [2.75, 3.05) is 6.26 Å². The minimum absolute atomic E-state index is 0.195. The molecule has 1 aromatic heterocycles. The van der Waals surface area contributed by atoms with E-state index >= 15 is 0 Å². The van der Waals surface area contributed by atoms with Crippen molar-refractivity contribution in [1.82, 2.24) is 10.2 Å². The first-order valence-corrected chi connectivity index (χ1v) is 4.70. The number of aromatic amines is 1. The third-order valence-electron chi connectivity index (χ3n) is 1.71. The van der Waals surface area contributed by atoms with Gasteiger partial charge in [0.15, 0.2) is 0 Å². The summed E-state index contributed by atoms with van der Waals surface area (Å²) in [6, 6.07) is 3.26. The highest BCUT2D eigenvalue weighted by molar-refractivity contribution is 7.98. The summed E-state index contributed by atoms with van der Waals surface area (Å²) in [7, 11) is 0. The number of fused-ring (bicyclic) bond motifs is 1. The number of nitrogens with one attached hydrogen (secondary N) is 1. The van der Waals surface area contributed by atoms with Gasteiger partial charge in [-0.3, -0.25) is 5.10 Å². The highest BCUT2D eigenvalue weighted by Crippen LogP contribution is 2.23. The highest BCUT2D eigenvalue weighted by Gasteiger charge is 2.03. The monoisotopic (exact) mass is 182 g/mol. The second-order valence-electron chi connectivity index (χ2n) is 2.44. The molecule has 0 saturated heterocycles. The predicted molar refractivity (Wildman–Crippen MR) is 47.8 cm³/mol. The first-order chi connectivity index (χ1) is 5.81. The molecule has 62 valence electrons. The molecule has 0 bridgehead atoms. The molecule has 0 radical (unpaired) electrons. The smallest absolute Gasteiger partial charge is 0.138 e. The molecule has 1 aromatic carbocycles. The second kappa shape index (κ2) is 2.79. The number of halogens is 1. The van der Waals surface area contributed by atoms with Gasteiger partial charge in [0.1, 0.15) is 5.82 Å². The van der Waals surface area contributed by atoms with E-state index in [4.69, 9.17) is 0 Å². The van der Waals surface area contributed by atoms with Crippen molar-refractivity contribution in [1.29, 1.82) is 0 Å². The Morgan fingerprint density at radius 2 is 2.33 bits per heavy atom. The first-order valence-electron chi connectivity index (χ1n) is 3.48. The zero-order chi connectivity index (χ0) is 8.55. The molecule has 1 heterocycles. The molecule has 4 heteroatoms. The van der Waals surface area contributed by atoms with E-state index in [1.807, 2.05) is 6.26 Å². The van der Waals surface area contributed by atoms with E-state index in [-0.39, 0.29) is 5.82 Å². The molecule has 1 N–H and O–H groups in total. The van der Waals surface area contributed by atoms with Crippen LogP contribution in [0.1, 0.15) is 0 Å². The number of aromatic nitrogens is 2. The van der Waals surface area contributed by atoms with Gasteiger partial charge in [-0.05, 0) is 12.3 Å². The van der Waals surface area contributed by atoms with Crippen molar-refractivity contribution in [3.05, 3.63) is 24.1 Å². The van der Waals surface area contributed by atoms with Gasteiger partial charge in [-0.15, -0.1) is 11.8 Å². The lowest BCUT2D eigenvalue weighted by Gasteiger charge is -1.97. The zero-order valence-corrected chi connectivity index (χ0v) is 7.28. The summed E-state index contributed by atoms with van der Waals surface area (Å²) in [5.74, 6) is -0.195. The minimum Gasteiger partial charge on any atom is -0.278 e. The Morgan fingerprint density at radius 3 is 3.08 bits per heavy atom. The van der Waals surface area contributed by atoms with Crippen LogP contribution in [-0.2, 0) is 0 Å². The lowest BCUT2D eigenvalue weighted by molar-refractivity contribution is 0.604. The van der Waals surface area contributed by atoms with E-state index < -0.39 is 0 Å². The van der Waals surface area contributed by atoms with Gasteiger partial charge in [0.25, 0.3) is 0 Å². The molecule has 0 atom stereocenters. The average Bonchev–Trinajstić information content (AvgIpc) is 2.49. The normalized spacial score (nSPS) is 10.8. The van der Waals surface area contributed by atoms with Gasteiger partial charge < -0.3 is 0 Å². The van der Waals surface area contributed by atoms with Crippen LogP contribution in [0, 0.1) is 5.82 Å². The Kier molecular flexibility index (Phi) is 1.77. The minimum atomic E-state index is -0.195. The molecule has 0 fully saturated rings. The number of hydrogen-bond acceptors (Lipinski definition) is 2. The van der Waals surface area contributed by atoms with Gasteiger partial charge in [-0.2, -0.15) is 5.10 Å². The van der Waals surface area contributed by atoms with Gasteiger partial charge >= 0.3 is 0 Å². The van der Waals surface area contributed by atoms with Crippen molar-refractivity contribution < 1.29 is 4.39 Å². The third-order valence-corrected chi connectivity index (χ3v) is 2.47. The van der Waals surface area contributed by atoms with Crippen molar-refractivity contribution >= 4 is 22.7 Å². The Labute approximate surface area is 73.2 Å². The summed E-state index contributed by atoms with van der Waals surface area (Å²) in [5.41, 5.74) is 0.741. The fourth-order valence-electron chi connectivity index (χ4n) is 1.10. The van der Waals surface area contributed by atoms with Gasteiger partial charge in [-0.25, -0.2) is 4.39 Å². The lowest BCUT2D eigenvalue weighted by atomic mass is 10.2. The first kappa shape index (κ1) is 7.61. The number of benzene rings is 1. The molecule has 0 aliphatic carbocycles. The van der Waals surface area contributed by atoms with Crippen LogP contribution < -0.4 is 0 Å². The van der Waals surface area contributed by atoms with Crippen molar-refractivity contribution in [3.63, 3.8) is 0 Å². The van der Waals surface area contributed by atoms with E-state index in [9.17, 15) is 4.39 Å². The van der Waals surface area contributed by atoms with E-state index in [2.05, 4.69) is 10.2 Å². The molecular weight excluding hydrogens is 175 g/mol. The van der Waals surface area contributed by atoms with E-state index in [1.165, 1.54) is 17.8 Å². The van der Waals surface area contributed by atoms with Crippen LogP contribution in [0.2, 0.25) is 0 Å². The maximum absolute atomic E-state index is 13.1. The lowest BCUT2D eigenvalue weighted by Crippen LogP contribution is -1.79. The molecule has 0 aliphatic rings. The molecule has 0 aliphatic heterocycles. The topological polar surface area (TPSA) is 28.7 Å². The maximum atomic E-state index is 13.1. The molecule has 12 heavy (non-hydrogen) atoms. The fourth-order valence-corrected chi connectivity index (χ4v) is 1.60. The van der Waals surface area contributed by atoms with Crippen LogP contribution >= 0.6 is 11.8 Å². The van der Waals surface area contributed by atoms with Crippen LogP contribution in [0.25, 0.3) is 10.9 Å². The number of rotatable bonds is 1. The highest BCUT2D eigenvalue weighted by atomic mass is 32.2. The van der Waals surface area contributed by atoms with E-state index in [0.29, 0.717) is 4.90 Å². The number of H-pyrrole nitrogens is 1. The van der Waals surface area contributed by atoms with Crippen molar-refractivity contribution in [3.8, 4) is 0 Å². The van der Waals surface area contributed by atoms with E-state index in [1.54, 1.807) is 12.3 Å². The van der Waals surface area contributed by atoms with Crippen LogP contribution in [0.3, 0.4) is 0 Å². The standard InChI is InChI=1S/C8H7FN2S/c1-12-8-2-5-4-10-11-7(5)3-6(8)9/h2-4H,1H3,(H,10,11). The maximum Gasteiger partial charge on any atom is 0.138 e. The largest absolute Gasteiger partial charge is 0.278 e. The Balaban J connectivity index is 2.73. The summed E-state index contributed by atoms with van der Waals surface area (Å²) in [6.07, 6.45) is 3.54. The fraction of sp³-hybridized carbons (Fsp3) is 0.125. The molecule has 0 unspecified atom stereocenters. The Bertz CT molecular complexity index is 410. The molecule has 0 spiro atoms. The molecule has 2 nitrogen and oxygen atoms in total. The second-order valence-corrected chi connectivity index (χ2v) is 3.29. The summed E-state index contributed by atoms with van der Waals surface area (Å²) in [5, 5.41) is 7.47. The predicted octanol–water partition coefficient (Wildman–Crippen LogP) is 2.42. The van der Waals surface area contributed by atoms with Crippen molar-refractivity contribution in [2.45, 2.75) is 4.90 Å². The SMILES string of the molecule is CSc1cc2cn[nH]c2cc1F. The number of thioether (sulfide) groups is 1. The molecular formula is C8H7FN2S. The van der Waals surface area contributed by atoms with Gasteiger partial charge in [-0.1, -0.05) is 0 Å². The van der Waals surface area contributed by atoms with Crippen LogP contribution in [0.5, 0.6) is 0 Å². The van der Waals surface area contributed by atoms with E-state index in [0.717, 1.165) is 10.9 Å². The van der Waals surface area contributed by atoms with Crippen LogP contribution in [-0.4, -0.2) is 16.5 Å². The van der Waals surface area contributed by atoms with Crippen LogP contribution in [0.15, 0.2) is 23.2 Å². The summed E-state index contributed by atoms with van der Waals surface area (Å²) in [6.45, 7) is 0. The molecule has 2 aromatic rings. The van der Waals surface area contributed by atoms with Crippen molar-refractivity contribution in [2.24, 2.45) is 0 Å². The summed E-state index contributed by atoms with van der Waals surface area (Å²) >= 11 is 1.40. The number of hydrogen-bond donors (Lipinski definition) is 1. The Morgan fingerprint density at radius 1 is 1.50 bits per heavy atom. The quantitative estimate of drug-likeness (QED) is 0.686. The summed E-state index contributed by atoms with van der Waals surface area (Å²) in [4.78, 5) is 0.656. The number of nitrogens with zero attached hydrogens (tertiary/aromatic N) is 1. The molecule has 2 rings (SSSR count).